The maximum Gasteiger partial charge on any atom is 0.225 e. The zero-order valence-electron chi connectivity index (χ0n) is 9.65. The Morgan fingerprint density at radius 1 is 1.44 bits per heavy atom. The summed E-state index contributed by atoms with van der Waals surface area (Å²) >= 11 is 5.95. The number of hydrogen-bond donors (Lipinski definition) is 0. The van der Waals surface area contributed by atoms with Crippen LogP contribution in [-0.4, -0.2) is 28.0 Å². The first-order chi connectivity index (χ1) is 7.81. The van der Waals surface area contributed by atoms with Gasteiger partial charge in [0.05, 0.1) is 0 Å². The molecule has 0 aliphatic heterocycles. The van der Waals surface area contributed by atoms with Crippen LogP contribution in [0.3, 0.4) is 0 Å². The number of aryl methyl sites for hydroxylation is 1. The fourth-order valence-corrected chi connectivity index (χ4v) is 1.88. The number of aromatic nitrogens is 3. The summed E-state index contributed by atoms with van der Waals surface area (Å²) in [5.41, 5.74) is 0. The molecule has 0 radical (unpaired) electrons. The Bertz CT molecular complexity index is 336. The summed E-state index contributed by atoms with van der Waals surface area (Å²) in [6.45, 7) is 4.63. The molecule has 1 fully saturated rings. The first kappa shape index (κ1) is 11.9. The predicted molar refractivity (Wildman–Crippen MR) is 62.6 cm³/mol. The van der Waals surface area contributed by atoms with Crippen LogP contribution in [0.25, 0.3) is 0 Å². The minimum Gasteiger partial charge on any atom is -0.381 e. The molecule has 0 unspecified atom stereocenters. The van der Waals surface area contributed by atoms with Crippen molar-refractivity contribution in [2.45, 2.75) is 39.2 Å². The van der Waals surface area contributed by atoms with E-state index in [0.717, 1.165) is 44.3 Å². The number of rotatable bonds is 7. The van der Waals surface area contributed by atoms with Gasteiger partial charge in [-0.15, -0.1) is 10.2 Å². The third kappa shape index (κ3) is 3.19. The first-order valence-electron chi connectivity index (χ1n) is 5.96. The van der Waals surface area contributed by atoms with Gasteiger partial charge in [-0.2, -0.15) is 0 Å². The van der Waals surface area contributed by atoms with Crippen molar-refractivity contribution in [1.29, 1.82) is 0 Å². The Kier molecular flexibility index (Phi) is 4.18. The smallest absolute Gasteiger partial charge is 0.225 e. The number of hydrogen-bond acceptors (Lipinski definition) is 3. The fourth-order valence-electron chi connectivity index (χ4n) is 1.66. The molecular formula is C11H18ClN3O. The molecule has 2 rings (SSSR count). The average Bonchev–Trinajstić information content (AvgIpc) is 3.04. The summed E-state index contributed by atoms with van der Waals surface area (Å²) in [5, 5.41) is 8.36. The van der Waals surface area contributed by atoms with E-state index in [0.29, 0.717) is 5.28 Å². The van der Waals surface area contributed by atoms with E-state index in [2.05, 4.69) is 17.1 Å². The van der Waals surface area contributed by atoms with Gasteiger partial charge in [0.25, 0.3) is 0 Å². The highest BCUT2D eigenvalue weighted by atomic mass is 35.5. The molecule has 1 aliphatic rings. The number of ether oxygens (including phenoxy) is 1. The molecule has 0 amide bonds. The Hall–Kier alpha value is -0.610. The van der Waals surface area contributed by atoms with Crippen molar-refractivity contribution in [2.75, 3.05) is 13.2 Å². The number of nitrogens with zero attached hydrogens (tertiary/aromatic N) is 3. The molecule has 90 valence electrons. The normalized spacial score (nSPS) is 15.6. The quantitative estimate of drug-likeness (QED) is 0.690. The van der Waals surface area contributed by atoms with E-state index in [4.69, 9.17) is 16.3 Å². The van der Waals surface area contributed by atoms with Crippen molar-refractivity contribution in [2.24, 2.45) is 5.92 Å². The highest BCUT2D eigenvalue weighted by molar-refractivity contribution is 6.28. The summed E-state index contributed by atoms with van der Waals surface area (Å²) < 4.78 is 7.53. The predicted octanol–water partition coefficient (Wildman–Crippen LogP) is 2.31. The van der Waals surface area contributed by atoms with Gasteiger partial charge in [-0.1, -0.05) is 6.92 Å². The van der Waals surface area contributed by atoms with Gasteiger partial charge in [0.15, 0.2) is 0 Å². The maximum atomic E-state index is 5.95. The summed E-state index contributed by atoms with van der Waals surface area (Å²) in [7, 11) is 0. The third-order valence-electron chi connectivity index (χ3n) is 2.82. The second kappa shape index (κ2) is 5.64. The summed E-state index contributed by atoms with van der Waals surface area (Å²) in [6, 6.07) is 0. The highest BCUT2D eigenvalue weighted by Gasteiger charge is 2.20. The van der Waals surface area contributed by atoms with Gasteiger partial charge in [-0.05, 0) is 36.8 Å². The molecule has 0 bridgehead atoms. The zero-order chi connectivity index (χ0) is 11.4. The maximum absolute atomic E-state index is 5.95. The van der Waals surface area contributed by atoms with Gasteiger partial charge in [0.1, 0.15) is 5.82 Å². The molecule has 1 aromatic heterocycles. The standard InChI is InChI=1S/C11H18ClN3O/c1-2-10-13-14-11(12)15(10)6-3-7-16-8-9-4-5-9/h9H,2-8H2,1H3. The van der Waals surface area contributed by atoms with Crippen LogP contribution in [0.5, 0.6) is 0 Å². The molecule has 1 heterocycles. The van der Waals surface area contributed by atoms with Gasteiger partial charge in [0.2, 0.25) is 5.28 Å². The van der Waals surface area contributed by atoms with E-state index < -0.39 is 0 Å². The molecule has 0 atom stereocenters. The van der Waals surface area contributed by atoms with Gasteiger partial charge in [0, 0.05) is 26.2 Å². The number of halogens is 1. The third-order valence-corrected chi connectivity index (χ3v) is 3.10. The van der Waals surface area contributed by atoms with Crippen LogP contribution < -0.4 is 0 Å². The molecule has 1 saturated carbocycles. The molecule has 1 aromatic rings. The van der Waals surface area contributed by atoms with E-state index in [1.54, 1.807) is 0 Å². The van der Waals surface area contributed by atoms with Crippen molar-refractivity contribution in [3.63, 3.8) is 0 Å². The molecule has 0 spiro atoms. The average molecular weight is 244 g/mol. The van der Waals surface area contributed by atoms with Gasteiger partial charge >= 0.3 is 0 Å². The van der Waals surface area contributed by atoms with Gasteiger partial charge < -0.3 is 9.30 Å². The summed E-state index contributed by atoms with van der Waals surface area (Å²) in [5.74, 6) is 1.79. The lowest BCUT2D eigenvalue weighted by molar-refractivity contribution is 0.119. The first-order valence-corrected chi connectivity index (χ1v) is 6.34. The van der Waals surface area contributed by atoms with E-state index >= 15 is 0 Å². The lowest BCUT2D eigenvalue weighted by Gasteiger charge is -2.06. The fraction of sp³-hybridized carbons (Fsp3) is 0.818. The lowest BCUT2D eigenvalue weighted by Crippen LogP contribution is -2.07. The van der Waals surface area contributed by atoms with Crippen molar-refractivity contribution in [3.05, 3.63) is 11.1 Å². The van der Waals surface area contributed by atoms with E-state index in [-0.39, 0.29) is 0 Å². The summed E-state index contributed by atoms with van der Waals surface area (Å²) in [6.07, 6.45) is 4.52. The molecule has 4 nitrogen and oxygen atoms in total. The molecular weight excluding hydrogens is 226 g/mol. The van der Waals surface area contributed by atoms with E-state index in [1.165, 1.54) is 12.8 Å². The molecule has 16 heavy (non-hydrogen) atoms. The van der Waals surface area contributed by atoms with Crippen molar-refractivity contribution in [3.8, 4) is 0 Å². The van der Waals surface area contributed by atoms with Gasteiger partial charge in [-0.3, -0.25) is 0 Å². The summed E-state index contributed by atoms with van der Waals surface area (Å²) in [4.78, 5) is 0. The second-order valence-corrected chi connectivity index (χ2v) is 4.60. The van der Waals surface area contributed by atoms with Crippen LogP contribution in [0.15, 0.2) is 0 Å². The Balaban J connectivity index is 1.68. The molecule has 0 N–H and O–H groups in total. The minimum atomic E-state index is 0.485. The highest BCUT2D eigenvalue weighted by Crippen LogP contribution is 2.28. The topological polar surface area (TPSA) is 39.9 Å². The van der Waals surface area contributed by atoms with E-state index in [9.17, 15) is 0 Å². The van der Waals surface area contributed by atoms with Crippen LogP contribution in [0.1, 0.15) is 32.0 Å². The van der Waals surface area contributed by atoms with Crippen LogP contribution in [-0.2, 0) is 17.7 Å². The Morgan fingerprint density at radius 3 is 2.94 bits per heavy atom. The Labute approximate surface area is 101 Å². The minimum absolute atomic E-state index is 0.485. The van der Waals surface area contributed by atoms with Crippen LogP contribution in [0.2, 0.25) is 5.28 Å². The van der Waals surface area contributed by atoms with Crippen LogP contribution >= 0.6 is 11.6 Å². The zero-order valence-corrected chi connectivity index (χ0v) is 10.4. The second-order valence-electron chi connectivity index (χ2n) is 4.26. The molecule has 1 aliphatic carbocycles. The molecule has 0 aromatic carbocycles. The van der Waals surface area contributed by atoms with Crippen molar-refractivity contribution >= 4 is 11.6 Å². The van der Waals surface area contributed by atoms with Crippen molar-refractivity contribution < 1.29 is 4.74 Å². The van der Waals surface area contributed by atoms with Gasteiger partial charge in [-0.25, -0.2) is 0 Å². The SMILES string of the molecule is CCc1nnc(Cl)n1CCCOCC1CC1. The van der Waals surface area contributed by atoms with E-state index in [1.807, 2.05) is 4.57 Å². The van der Waals surface area contributed by atoms with Crippen molar-refractivity contribution in [1.82, 2.24) is 14.8 Å². The largest absolute Gasteiger partial charge is 0.381 e. The lowest BCUT2D eigenvalue weighted by atomic mass is 10.4. The molecule has 5 heteroatoms. The van der Waals surface area contributed by atoms with Crippen LogP contribution in [0.4, 0.5) is 0 Å². The van der Waals surface area contributed by atoms with Crippen LogP contribution in [0, 0.1) is 5.92 Å². The molecule has 0 saturated heterocycles. The Morgan fingerprint density at radius 2 is 2.25 bits per heavy atom. The monoisotopic (exact) mass is 243 g/mol.